The number of hydrogen-bond acceptors (Lipinski definition) is 6. The molecule has 164 valence electrons. The zero-order valence-corrected chi connectivity index (χ0v) is 19.0. The first-order chi connectivity index (χ1) is 16.5. The topological polar surface area (TPSA) is 93.0 Å². The van der Waals surface area contributed by atoms with Crippen molar-refractivity contribution in [2.24, 2.45) is 0 Å². The number of rotatable bonds is 5. The molecule has 0 saturated carbocycles. The number of nitriles is 1. The van der Waals surface area contributed by atoms with Crippen molar-refractivity contribution in [2.45, 2.75) is 0 Å². The normalized spacial score (nSPS) is 11.5. The number of non-ortho nitro benzene ring substituents is 1. The van der Waals surface area contributed by atoms with E-state index in [9.17, 15) is 15.4 Å². The number of fused-ring (bicyclic) bond motifs is 1. The summed E-state index contributed by atoms with van der Waals surface area (Å²) in [6.07, 6.45) is 1.62. The van der Waals surface area contributed by atoms with Gasteiger partial charge in [0.1, 0.15) is 22.6 Å². The molecule has 0 bridgehead atoms. The smallest absolute Gasteiger partial charge is 0.270 e. The van der Waals surface area contributed by atoms with Gasteiger partial charge in [-0.1, -0.05) is 48.0 Å². The number of benzene rings is 3. The van der Waals surface area contributed by atoms with E-state index >= 15 is 0 Å². The number of allylic oxidation sites excluding steroid dienone is 1. The highest BCUT2D eigenvalue weighted by Crippen LogP contribution is 2.34. The predicted molar refractivity (Wildman–Crippen MR) is 134 cm³/mol. The maximum absolute atomic E-state index is 10.9. The third kappa shape index (κ3) is 4.20. The van der Waals surface area contributed by atoms with Crippen LogP contribution < -0.4 is 0 Å². The van der Waals surface area contributed by atoms with E-state index in [0.29, 0.717) is 27.7 Å². The summed E-state index contributed by atoms with van der Waals surface area (Å²) in [5.41, 5.74) is 2.57. The summed E-state index contributed by atoms with van der Waals surface area (Å²) in [6, 6.07) is 24.0. The third-order valence-electron chi connectivity index (χ3n) is 5.24. The van der Waals surface area contributed by atoms with E-state index in [1.54, 1.807) is 18.2 Å². The van der Waals surface area contributed by atoms with Crippen molar-refractivity contribution in [3.63, 3.8) is 0 Å². The summed E-state index contributed by atoms with van der Waals surface area (Å²) in [6.45, 7) is 0. The van der Waals surface area contributed by atoms with Crippen molar-refractivity contribution in [1.82, 2.24) is 4.98 Å². The Morgan fingerprint density at radius 2 is 1.91 bits per heavy atom. The van der Waals surface area contributed by atoms with E-state index in [1.807, 2.05) is 23.6 Å². The van der Waals surface area contributed by atoms with Crippen LogP contribution in [0, 0.1) is 21.4 Å². The highest BCUT2D eigenvalue weighted by molar-refractivity contribution is 7.11. The lowest BCUT2D eigenvalue weighted by Gasteiger charge is -2.01. The number of nitro benzene ring substituents is 1. The zero-order valence-electron chi connectivity index (χ0n) is 17.4. The van der Waals surface area contributed by atoms with Crippen molar-refractivity contribution >= 4 is 51.0 Å². The molecule has 3 aromatic carbocycles. The van der Waals surface area contributed by atoms with Gasteiger partial charge in [-0.15, -0.1) is 11.3 Å². The minimum atomic E-state index is -0.509. The molecule has 0 atom stereocenters. The lowest BCUT2D eigenvalue weighted by Crippen LogP contribution is -1.88. The van der Waals surface area contributed by atoms with Crippen LogP contribution in [0.2, 0.25) is 5.02 Å². The molecule has 0 fully saturated rings. The van der Waals surface area contributed by atoms with Crippen molar-refractivity contribution in [3.05, 3.63) is 104 Å². The van der Waals surface area contributed by atoms with Gasteiger partial charge in [-0.3, -0.25) is 10.1 Å². The van der Waals surface area contributed by atoms with Crippen molar-refractivity contribution in [3.8, 4) is 28.7 Å². The number of hydrogen-bond donors (Lipinski definition) is 0. The van der Waals surface area contributed by atoms with Gasteiger partial charge in [0.2, 0.25) is 0 Å². The molecule has 0 amide bonds. The van der Waals surface area contributed by atoms with Crippen LogP contribution in [0.3, 0.4) is 0 Å². The lowest BCUT2D eigenvalue weighted by molar-refractivity contribution is -0.384. The second-order valence-electron chi connectivity index (χ2n) is 7.39. The fourth-order valence-corrected chi connectivity index (χ4v) is 4.62. The van der Waals surface area contributed by atoms with Gasteiger partial charge in [-0.2, -0.15) is 5.26 Å². The Bertz CT molecular complexity index is 1630. The van der Waals surface area contributed by atoms with Crippen LogP contribution in [0.15, 0.2) is 82.6 Å². The average Bonchev–Trinajstić information content (AvgIpc) is 3.52. The summed E-state index contributed by atoms with van der Waals surface area (Å²) in [4.78, 5) is 15.1. The molecule has 0 radical (unpaired) electrons. The summed E-state index contributed by atoms with van der Waals surface area (Å²) in [7, 11) is 0. The molecule has 5 rings (SSSR count). The Hall–Kier alpha value is -4.25. The molecular weight excluding hydrogens is 470 g/mol. The van der Waals surface area contributed by atoms with E-state index in [1.165, 1.54) is 29.5 Å². The Morgan fingerprint density at radius 1 is 1.09 bits per heavy atom. The second-order valence-corrected chi connectivity index (χ2v) is 8.66. The Labute approximate surface area is 203 Å². The van der Waals surface area contributed by atoms with E-state index < -0.39 is 4.92 Å². The first kappa shape index (κ1) is 21.6. The number of nitro groups is 1. The van der Waals surface area contributed by atoms with E-state index in [4.69, 9.17) is 16.0 Å². The maximum atomic E-state index is 10.9. The Morgan fingerprint density at radius 3 is 2.68 bits per heavy atom. The fraction of sp³-hybridized carbons (Fsp3) is 0. The maximum Gasteiger partial charge on any atom is 0.270 e. The Balaban J connectivity index is 1.43. The van der Waals surface area contributed by atoms with Gasteiger partial charge >= 0.3 is 0 Å². The summed E-state index contributed by atoms with van der Waals surface area (Å²) in [5, 5.41) is 25.6. The molecule has 2 aromatic heterocycles. The minimum Gasteiger partial charge on any atom is -0.457 e. The minimum absolute atomic E-state index is 0.0989. The van der Waals surface area contributed by atoms with Crippen LogP contribution in [0.5, 0.6) is 0 Å². The molecule has 5 aromatic rings. The van der Waals surface area contributed by atoms with Crippen LogP contribution in [-0.4, -0.2) is 9.91 Å². The SMILES string of the molecule is N#CC(=Cc1ccc(-c2ccc([N+](=O)[O-])cc2Cl)o1)c1nc(-c2ccc3ccccc3c2)cs1. The lowest BCUT2D eigenvalue weighted by atomic mass is 10.1. The third-order valence-corrected chi connectivity index (χ3v) is 6.43. The summed E-state index contributed by atoms with van der Waals surface area (Å²) in [5.74, 6) is 0.892. The number of thiazole rings is 1. The monoisotopic (exact) mass is 483 g/mol. The zero-order chi connectivity index (χ0) is 23.7. The molecule has 0 saturated heterocycles. The molecule has 0 aliphatic rings. The summed E-state index contributed by atoms with van der Waals surface area (Å²) < 4.78 is 5.84. The van der Waals surface area contributed by atoms with Crippen LogP contribution in [-0.2, 0) is 0 Å². The van der Waals surface area contributed by atoms with Crippen LogP contribution in [0.1, 0.15) is 10.8 Å². The van der Waals surface area contributed by atoms with Gasteiger partial charge in [-0.05, 0) is 35.0 Å². The average molecular weight is 484 g/mol. The largest absolute Gasteiger partial charge is 0.457 e. The highest BCUT2D eigenvalue weighted by Gasteiger charge is 2.15. The van der Waals surface area contributed by atoms with Crippen LogP contribution in [0.25, 0.3) is 45.0 Å². The Kier molecular flexibility index (Phi) is 5.68. The van der Waals surface area contributed by atoms with Crippen molar-refractivity contribution < 1.29 is 9.34 Å². The van der Waals surface area contributed by atoms with Gasteiger partial charge in [0.05, 0.1) is 21.2 Å². The first-order valence-corrected chi connectivity index (χ1v) is 11.4. The fourth-order valence-electron chi connectivity index (χ4n) is 3.56. The molecule has 8 heteroatoms. The molecular formula is C26H14ClN3O3S. The first-order valence-electron chi connectivity index (χ1n) is 10.1. The quantitative estimate of drug-likeness (QED) is 0.144. The molecule has 6 nitrogen and oxygen atoms in total. The van der Waals surface area contributed by atoms with E-state index in [-0.39, 0.29) is 10.7 Å². The number of nitrogens with zero attached hydrogens (tertiary/aromatic N) is 3. The van der Waals surface area contributed by atoms with Gasteiger partial charge < -0.3 is 4.42 Å². The molecule has 0 unspecified atom stereocenters. The van der Waals surface area contributed by atoms with Gasteiger partial charge in [-0.25, -0.2) is 4.98 Å². The van der Waals surface area contributed by atoms with Crippen LogP contribution >= 0.6 is 22.9 Å². The van der Waals surface area contributed by atoms with Gasteiger partial charge in [0.25, 0.3) is 5.69 Å². The number of furan rings is 1. The number of aromatic nitrogens is 1. The molecule has 0 aliphatic heterocycles. The molecule has 0 spiro atoms. The van der Waals surface area contributed by atoms with E-state index in [0.717, 1.165) is 22.0 Å². The summed E-state index contributed by atoms with van der Waals surface area (Å²) >= 11 is 7.59. The van der Waals surface area contributed by atoms with Gasteiger partial charge in [0, 0.05) is 34.7 Å². The van der Waals surface area contributed by atoms with Crippen LogP contribution in [0.4, 0.5) is 5.69 Å². The highest BCUT2D eigenvalue weighted by atomic mass is 35.5. The van der Waals surface area contributed by atoms with Crippen molar-refractivity contribution in [1.29, 1.82) is 5.26 Å². The van der Waals surface area contributed by atoms with Gasteiger partial charge in [0.15, 0.2) is 0 Å². The molecule has 34 heavy (non-hydrogen) atoms. The van der Waals surface area contributed by atoms with Crippen molar-refractivity contribution in [2.75, 3.05) is 0 Å². The molecule has 2 heterocycles. The van der Waals surface area contributed by atoms with E-state index in [2.05, 4.69) is 35.3 Å². The predicted octanol–water partition coefficient (Wildman–Crippen LogP) is 7.85. The second kappa shape index (κ2) is 8.94. The standard InChI is InChI=1S/C26H14ClN3O3S/c27-23-13-20(30(31)32)7-9-22(23)25-10-8-21(33-25)12-19(14-28)26-29-24(15-34-26)18-6-5-16-3-1-2-4-17(16)11-18/h1-13,15H. The number of halogens is 1. The molecule has 0 aliphatic carbocycles. The molecule has 0 N–H and O–H groups in total.